The van der Waals surface area contributed by atoms with Gasteiger partial charge in [0.15, 0.2) is 17.5 Å². The summed E-state index contributed by atoms with van der Waals surface area (Å²) >= 11 is 1.88. The average Bonchev–Trinajstić information content (AvgIpc) is 3.78. The number of aromatic nitrogens is 3. The summed E-state index contributed by atoms with van der Waals surface area (Å²) in [5.41, 5.74) is 14.5. The number of benzene rings is 10. The van der Waals surface area contributed by atoms with Crippen LogP contribution in [0.25, 0.3) is 121 Å². The van der Waals surface area contributed by atoms with Crippen LogP contribution in [0.5, 0.6) is 0 Å². The van der Waals surface area contributed by atoms with Gasteiger partial charge in [0, 0.05) is 42.4 Å². The third-order valence-electron chi connectivity index (χ3n) is 12.4. The minimum Gasteiger partial charge on any atom is -0.208 e. The summed E-state index contributed by atoms with van der Waals surface area (Å²) < 4.78 is 2.65. The zero-order valence-corrected chi connectivity index (χ0v) is 36.1. The maximum absolute atomic E-state index is 5.17. The molecule has 3 nitrogen and oxygen atoms in total. The van der Waals surface area contributed by atoms with Crippen molar-refractivity contribution in [2.45, 2.75) is 0 Å². The molecule has 0 bridgehead atoms. The lowest BCUT2D eigenvalue weighted by Gasteiger charge is -2.14. The molecule has 0 unspecified atom stereocenters. The van der Waals surface area contributed by atoms with E-state index in [1.807, 2.05) is 29.5 Å². The zero-order chi connectivity index (χ0) is 43.1. The van der Waals surface area contributed by atoms with E-state index in [0.29, 0.717) is 17.5 Å². The van der Waals surface area contributed by atoms with Gasteiger partial charge in [0.25, 0.3) is 0 Å². The zero-order valence-electron chi connectivity index (χ0n) is 35.3. The maximum Gasteiger partial charge on any atom is 0.164 e. The van der Waals surface area contributed by atoms with Gasteiger partial charge in [0.05, 0.1) is 0 Å². The SMILES string of the molecule is c1ccc(-c2cccc(-c3nc(-c4ccc(-c5ccc(-c6ccc(-c7cccc8c7sc7ccccc78)c7ccccc67)cc5)cc4)nc(-c4ccccc4-c4ccccc4)n3)c2)cc1. The second-order valence-corrected chi connectivity index (χ2v) is 17.4. The fourth-order valence-electron chi connectivity index (χ4n) is 9.17. The van der Waals surface area contributed by atoms with Gasteiger partial charge in [0.1, 0.15) is 0 Å². The number of fused-ring (bicyclic) bond motifs is 4. The van der Waals surface area contributed by atoms with Crippen LogP contribution in [0.2, 0.25) is 0 Å². The fourth-order valence-corrected chi connectivity index (χ4v) is 10.4. The maximum atomic E-state index is 5.17. The Hall–Kier alpha value is -8.31. The third-order valence-corrected chi connectivity index (χ3v) is 13.6. The van der Waals surface area contributed by atoms with E-state index in [2.05, 4.69) is 218 Å². The van der Waals surface area contributed by atoms with Crippen molar-refractivity contribution in [3.63, 3.8) is 0 Å². The number of thiophene rings is 1. The molecule has 0 aliphatic heterocycles. The molecule has 0 atom stereocenters. The first kappa shape index (κ1) is 38.4. The normalized spacial score (nSPS) is 11.4. The predicted molar refractivity (Wildman–Crippen MR) is 274 cm³/mol. The minimum absolute atomic E-state index is 0.624. The molecule has 0 fully saturated rings. The van der Waals surface area contributed by atoms with Gasteiger partial charge >= 0.3 is 0 Å². The van der Waals surface area contributed by atoms with E-state index in [4.69, 9.17) is 15.0 Å². The fraction of sp³-hybridized carbons (Fsp3) is 0. The van der Waals surface area contributed by atoms with E-state index < -0.39 is 0 Å². The van der Waals surface area contributed by atoms with Gasteiger partial charge in [-0.15, -0.1) is 11.3 Å². The Bertz CT molecular complexity index is 3690. The highest BCUT2D eigenvalue weighted by molar-refractivity contribution is 7.26. The highest BCUT2D eigenvalue weighted by Crippen LogP contribution is 2.43. The monoisotopic (exact) mass is 845 g/mol. The van der Waals surface area contributed by atoms with Gasteiger partial charge in [-0.2, -0.15) is 0 Å². The van der Waals surface area contributed by atoms with Crippen molar-refractivity contribution in [2.75, 3.05) is 0 Å². The summed E-state index contributed by atoms with van der Waals surface area (Å²) in [6.07, 6.45) is 0. The molecule has 12 aromatic rings. The van der Waals surface area contributed by atoms with Crippen LogP contribution >= 0.6 is 11.3 Å². The van der Waals surface area contributed by atoms with E-state index in [1.54, 1.807) is 0 Å². The first-order chi connectivity index (χ1) is 32.2. The Morgan fingerprint density at radius 3 is 1.42 bits per heavy atom. The Labute approximate surface area is 381 Å². The van der Waals surface area contributed by atoms with Crippen LogP contribution in [0.1, 0.15) is 0 Å². The Kier molecular flexibility index (Phi) is 9.70. The van der Waals surface area contributed by atoms with Gasteiger partial charge in [0.2, 0.25) is 0 Å². The summed E-state index contributed by atoms with van der Waals surface area (Å²) in [6, 6.07) is 84.0. The third kappa shape index (κ3) is 7.16. The van der Waals surface area contributed by atoms with Gasteiger partial charge in [-0.1, -0.05) is 224 Å². The Morgan fingerprint density at radius 2 is 0.677 bits per heavy atom. The van der Waals surface area contributed by atoms with Gasteiger partial charge in [-0.05, 0) is 73.0 Å². The Morgan fingerprint density at radius 1 is 0.231 bits per heavy atom. The molecule has 65 heavy (non-hydrogen) atoms. The van der Waals surface area contributed by atoms with Gasteiger partial charge in [-0.25, -0.2) is 15.0 Å². The predicted octanol–water partition coefficient (Wildman–Crippen LogP) is 16.7. The lowest BCUT2D eigenvalue weighted by Crippen LogP contribution is -2.01. The molecule has 0 saturated carbocycles. The van der Waals surface area contributed by atoms with Crippen molar-refractivity contribution in [3.8, 4) is 89.8 Å². The van der Waals surface area contributed by atoms with Gasteiger partial charge in [-0.3, -0.25) is 0 Å². The molecule has 304 valence electrons. The molecule has 12 rings (SSSR count). The van der Waals surface area contributed by atoms with E-state index in [9.17, 15) is 0 Å². The molecule has 2 heterocycles. The smallest absolute Gasteiger partial charge is 0.164 e. The number of nitrogens with zero attached hydrogens (tertiary/aromatic N) is 3. The van der Waals surface area contributed by atoms with E-state index in [1.165, 1.54) is 53.2 Å². The van der Waals surface area contributed by atoms with Crippen molar-refractivity contribution >= 4 is 42.3 Å². The standard InChI is InChI=1S/C61H39N3S/c1-3-15-40(16-4-1)46-19-13-20-47(39-46)60-62-59(63-61(64-60)56-25-10-7-21-48(56)43-17-5-2-6-18-43)45-35-31-42(32-36-45)41-29-33-44(34-30-41)49-37-38-52(51-23-9-8-22-50(49)51)54-26-14-27-55-53-24-11-12-28-57(53)65-58(54)55/h1-39H. The molecular formula is C61H39N3S. The van der Waals surface area contributed by atoms with Gasteiger partial charge < -0.3 is 0 Å². The van der Waals surface area contributed by atoms with Crippen molar-refractivity contribution in [2.24, 2.45) is 0 Å². The molecule has 0 aliphatic rings. The van der Waals surface area contributed by atoms with Crippen LogP contribution in [0.15, 0.2) is 237 Å². The topological polar surface area (TPSA) is 38.7 Å². The molecule has 4 heteroatoms. The van der Waals surface area contributed by atoms with Crippen molar-refractivity contribution in [3.05, 3.63) is 237 Å². The molecule has 10 aromatic carbocycles. The van der Waals surface area contributed by atoms with Crippen LogP contribution < -0.4 is 0 Å². The second kappa shape index (κ2) is 16.4. The van der Waals surface area contributed by atoms with Crippen molar-refractivity contribution in [1.29, 1.82) is 0 Å². The number of hydrogen-bond acceptors (Lipinski definition) is 4. The molecular weight excluding hydrogens is 807 g/mol. The molecule has 2 aromatic heterocycles. The first-order valence-electron chi connectivity index (χ1n) is 21.9. The molecule has 0 N–H and O–H groups in total. The second-order valence-electron chi connectivity index (χ2n) is 16.3. The Balaban J connectivity index is 0.889. The molecule has 0 radical (unpaired) electrons. The molecule has 0 amide bonds. The van der Waals surface area contributed by atoms with Crippen molar-refractivity contribution < 1.29 is 0 Å². The lowest BCUT2D eigenvalue weighted by molar-refractivity contribution is 1.07. The van der Waals surface area contributed by atoms with Crippen LogP contribution in [0.4, 0.5) is 0 Å². The minimum atomic E-state index is 0.624. The van der Waals surface area contributed by atoms with E-state index >= 15 is 0 Å². The molecule has 0 aliphatic carbocycles. The first-order valence-corrected chi connectivity index (χ1v) is 22.7. The average molecular weight is 846 g/mol. The molecule has 0 saturated heterocycles. The quantitative estimate of drug-likeness (QED) is 0.153. The van der Waals surface area contributed by atoms with E-state index in [-0.39, 0.29) is 0 Å². The summed E-state index contributed by atoms with van der Waals surface area (Å²) in [5, 5.41) is 5.14. The lowest BCUT2D eigenvalue weighted by atomic mass is 9.91. The summed E-state index contributed by atoms with van der Waals surface area (Å²) in [5.74, 6) is 1.88. The van der Waals surface area contributed by atoms with E-state index in [0.717, 1.165) is 50.1 Å². The molecule has 0 spiro atoms. The summed E-state index contributed by atoms with van der Waals surface area (Å²) in [7, 11) is 0. The van der Waals surface area contributed by atoms with Crippen LogP contribution in [-0.4, -0.2) is 15.0 Å². The van der Waals surface area contributed by atoms with Crippen LogP contribution in [0, 0.1) is 0 Å². The van der Waals surface area contributed by atoms with Crippen LogP contribution in [0.3, 0.4) is 0 Å². The summed E-state index contributed by atoms with van der Waals surface area (Å²) in [4.78, 5) is 15.5. The largest absolute Gasteiger partial charge is 0.208 e. The number of hydrogen-bond donors (Lipinski definition) is 0. The highest BCUT2D eigenvalue weighted by atomic mass is 32.1. The number of rotatable bonds is 8. The summed E-state index contributed by atoms with van der Waals surface area (Å²) in [6.45, 7) is 0. The van der Waals surface area contributed by atoms with Crippen LogP contribution in [-0.2, 0) is 0 Å². The highest BCUT2D eigenvalue weighted by Gasteiger charge is 2.18. The van der Waals surface area contributed by atoms with Crippen molar-refractivity contribution in [1.82, 2.24) is 15.0 Å².